The van der Waals surface area contributed by atoms with Gasteiger partial charge < -0.3 is 10.2 Å². The highest BCUT2D eigenvalue weighted by Gasteiger charge is 2.36. The van der Waals surface area contributed by atoms with Crippen LogP contribution < -0.4 is 5.32 Å². The molecule has 1 aromatic rings. The summed E-state index contributed by atoms with van der Waals surface area (Å²) in [5, 5.41) is 3.49. The number of carbonyl (C=O) groups excluding carboxylic acids is 1. The Balaban J connectivity index is 0.00000196. The Bertz CT molecular complexity index is 574. The molecule has 2 aliphatic heterocycles. The zero-order valence-corrected chi connectivity index (χ0v) is 19.6. The first kappa shape index (κ1) is 25.6. The quantitative estimate of drug-likeness (QED) is 0.748. The van der Waals surface area contributed by atoms with Crippen molar-refractivity contribution in [3.63, 3.8) is 0 Å². The van der Waals surface area contributed by atoms with Gasteiger partial charge in [0.15, 0.2) is 0 Å². The number of nitrogens with one attached hydrogen (secondary N) is 1. The van der Waals surface area contributed by atoms with Gasteiger partial charge in [0.1, 0.15) is 0 Å². The molecule has 2 heterocycles. The molecule has 2 saturated heterocycles. The molecule has 7 heteroatoms. The third-order valence-corrected chi connectivity index (χ3v) is 6.90. The molecule has 0 aromatic heterocycles. The van der Waals surface area contributed by atoms with E-state index >= 15 is 0 Å². The second kappa shape index (κ2) is 12.3. The van der Waals surface area contributed by atoms with Crippen LogP contribution in [0.3, 0.4) is 0 Å². The molecule has 28 heavy (non-hydrogen) atoms. The molecule has 1 amide bonds. The summed E-state index contributed by atoms with van der Waals surface area (Å²) in [5.41, 5.74) is 1.37. The van der Waals surface area contributed by atoms with E-state index in [1.54, 1.807) is 0 Å². The Hall–Kier alpha value is -0.460. The van der Waals surface area contributed by atoms with Gasteiger partial charge in [0.2, 0.25) is 5.91 Å². The van der Waals surface area contributed by atoms with Gasteiger partial charge in [0.25, 0.3) is 0 Å². The summed E-state index contributed by atoms with van der Waals surface area (Å²) in [5.74, 6) is 3.50. The number of rotatable bonds is 5. The molecule has 0 spiro atoms. The van der Waals surface area contributed by atoms with Crippen LogP contribution in [0.15, 0.2) is 30.3 Å². The number of likely N-dealkylation sites (tertiary alicyclic amines) is 1. The highest BCUT2D eigenvalue weighted by molar-refractivity contribution is 7.99. The van der Waals surface area contributed by atoms with Crippen molar-refractivity contribution in [3.05, 3.63) is 35.9 Å². The van der Waals surface area contributed by atoms with E-state index in [1.165, 1.54) is 5.56 Å². The maximum atomic E-state index is 12.8. The maximum Gasteiger partial charge on any atom is 0.224 e. The summed E-state index contributed by atoms with van der Waals surface area (Å²) < 4.78 is 0. The summed E-state index contributed by atoms with van der Waals surface area (Å²) in [6.07, 6.45) is 0.632. The second-order valence-corrected chi connectivity index (χ2v) is 9.21. The Morgan fingerprint density at radius 3 is 2.39 bits per heavy atom. The summed E-state index contributed by atoms with van der Waals surface area (Å²) in [4.78, 5) is 17.4. The Morgan fingerprint density at radius 2 is 1.82 bits per heavy atom. The number of hydrogen-bond acceptors (Lipinski definition) is 4. The number of thioether (sulfide) groups is 1. The van der Waals surface area contributed by atoms with E-state index in [2.05, 4.69) is 59.3 Å². The van der Waals surface area contributed by atoms with Crippen LogP contribution in [0.1, 0.15) is 25.8 Å². The highest BCUT2D eigenvalue weighted by Crippen LogP contribution is 2.28. The zero-order chi connectivity index (χ0) is 18.5. The molecule has 160 valence electrons. The molecule has 3 unspecified atom stereocenters. The largest absolute Gasteiger partial charge is 0.342 e. The van der Waals surface area contributed by atoms with E-state index in [0.29, 0.717) is 36.2 Å². The van der Waals surface area contributed by atoms with Gasteiger partial charge in [0.05, 0.1) is 0 Å². The zero-order valence-electron chi connectivity index (χ0n) is 17.2. The molecule has 3 atom stereocenters. The van der Waals surface area contributed by atoms with Crippen LogP contribution in [-0.4, -0.2) is 66.0 Å². The first-order valence-corrected chi connectivity index (χ1v) is 11.0. The molecule has 3 rings (SSSR count). The lowest BCUT2D eigenvalue weighted by molar-refractivity contribution is -0.136. The minimum atomic E-state index is 0. The second-order valence-electron chi connectivity index (χ2n) is 8.06. The summed E-state index contributed by atoms with van der Waals surface area (Å²) >= 11 is 1.95. The van der Waals surface area contributed by atoms with Gasteiger partial charge >= 0.3 is 0 Å². The van der Waals surface area contributed by atoms with Gasteiger partial charge in [-0.05, 0) is 17.4 Å². The lowest BCUT2D eigenvalue weighted by atomic mass is 9.84. The van der Waals surface area contributed by atoms with E-state index in [1.807, 2.05) is 18.8 Å². The van der Waals surface area contributed by atoms with Crippen LogP contribution in [0, 0.1) is 11.8 Å². The van der Waals surface area contributed by atoms with Gasteiger partial charge in [0, 0.05) is 63.2 Å². The SMILES string of the molecule is CC1CN(Cc2ccccc2)CC(C)C1N(C)C(=O)CC1CSCCN1.Cl.Cl. The molecular weight excluding hydrogens is 413 g/mol. The number of amides is 1. The van der Waals surface area contributed by atoms with Crippen LogP contribution in [0.2, 0.25) is 0 Å². The van der Waals surface area contributed by atoms with E-state index in [4.69, 9.17) is 0 Å². The molecule has 0 bridgehead atoms. The monoisotopic (exact) mass is 447 g/mol. The number of hydrogen-bond donors (Lipinski definition) is 1. The van der Waals surface area contributed by atoms with Crippen molar-refractivity contribution in [2.24, 2.45) is 11.8 Å². The molecule has 2 fully saturated rings. The fourth-order valence-corrected chi connectivity index (χ4v) is 5.62. The minimum absolute atomic E-state index is 0. The highest BCUT2D eigenvalue weighted by atomic mass is 35.5. The molecule has 2 aliphatic rings. The molecule has 0 aliphatic carbocycles. The molecule has 1 N–H and O–H groups in total. The van der Waals surface area contributed by atoms with E-state index in [0.717, 1.165) is 37.7 Å². The summed E-state index contributed by atoms with van der Waals surface area (Å²) in [6, 6.07) is 11.4. The van der Waals surface area contributed by atoms with Crippen molar-refractivity contribution >= 4 is 42.5 Å². The van der Waals surface area contributed by atoms with Gasteiger partial charge in [-0.1, -0.05) is 44.2 Å². The minimum Gasteiger partial charge on any atom is -0.342 e. The molecule has 0 saturated carbocycles. The Kier molecular flexibility index (Phi) is 11.2. The average Bonchev–Trinajstić information content (AvgIpc) is 2.62. The number of halogens is 2. The first-order chi connectivity index (χ1) is 12.5. The standard InChI is InChI=1S/C21H33N3OS.2ClH/c1-16-12-24(14-18-7-5-4-6-8-18)13-17(2)21(16)23(3)20(25)11-19-15-26-10-9-22-19;;/h4-8,16-17,19,21-22H,9-15H2,1-3H3;2*1H. The number of piperidine rings is 1. The summed E-state index contributed by atoms with van der Waals surface area (Å²) in [6.45, 7) is 8.74. The third-order valence-electron chi connectivity index (χ3n) is 5.77. The van der Waals surface area contributed by atoms with Crippen LogP contribution in [0.4, 0.5) is 0 Å². The van der Waals surface area contributed by atoms with Crippen LogP contribution >= 0.6 is 36.6 Å². The van der Waals surface area contributed by atoms with E-state index in [-0.39, 0.29) is 24.8 Å². The van der Waals surface area contributed by atoms with Crippen LogP contribution in [-0.2, 0) is 11.3 Å². The van der Waals surface area contributed by atoms with Crippen molar-refractivity contribution in [3.8, 4) is 0 Å². The smallest absolute Gasteiger partial charge is 0.224 e. The normalized spacial score (nSPS) is 28.0. The predicted octanol–water partition coefficient (Wildman–Crippen LogP) is 3.54. The number of carbonyl (C=O) groups is 1. The molecule has 0 radical (unpaired) electrons. The molecular formula is C21H35Cl2N3OS. The number of nitrogens with zero attached hydrogens (tertiary/aromatic N) is 2. The predicted molar refractivity (Wildman–Crippen MR) is 125 cm³/mol. The van der Waals surface area contributed by atoms with Crippen molar-refractivity contribution in [1.82, 2.24) is 15.1 Å². The Morgan fingerprint density at radius 1 is 1.18 bits per heavy atom. The average molecular weight is 449 g/mol. The van der Waals surface area contributed by atoms with Crippen molar-refractivity contribution in [1.29, 1.82) is 0 Å². The lowest BCUT2D eigenvalue weighted by Crippen LogP contribution is -2.55. The van der Waals surface area contributed by atoms with Gasteiger partial charge in [-0.3, -0.25) is 9.69 Å². The van der Waals surface area contributed by atoms with Crippen molar-refractivity contribution in [2.75, 3.05) is 38.2 Å². The molecule has 1 aromatic carbocycles. The van der Waals surface area contributed by atoms with Crippen LogP contribution in [0.25, 0.3) is 0 Å². The van der Waals surface area contributed by atoms with E-state index in [9.17, 15) is 4.79 Å². The van der Waals surface area contributed by atoms with Gasteiger partial charge in [-0.2, -0.15) is 11.8 Å². The fraction of sp³-hybridized carbons (Fsp3) is 0.667. The number of benzene rings is 1. The third kappa shape index (κ3) is 6.81. The molecule has 4 nitrogen and oxygen atoms in total. The first-order valence-electron chi connectivity index (χ1n) is 9.87. The Labute approximate surface area is 187 Å². The fourth-order valence-electron chi connectivity index (χ4n) is 4.67. The van der Waals surface area contributed by atoms with E-state index < -0.39 is 0 Å². The maximum absolute atomic E-state index is 12.8. The summed E-state index contributed by atoms with van der Waals surface area (Å²) in [7, 11) is 2.02. The van der Waals surface area contributed by atoms with Gasteiger partial charge in [-0.25, -0.2) is 0 Å². The van der Waals surface area contributed by atoms with Gasteiger partial charge in [-0.15, -0.1) is 24.8 Å². The van der Waals surface area contributed by atoms with Crippen molar-refractivity contribution < 1.29 is 4.79 Å². The van der Waals surface area contributed by atoms with Crippen LogP contribution in [0.5, 0.6) is 0 Å². The topological polar surface area (TPSA) is 35.6 Å². The lowest BCUT2D eigenvalue weighted by Gasteiger charge is -2.45. The van der Waals surface area contributed by atoms with Crippen molar-refractivity contribution in [2.45, 2.75) is 38.9 Å².